The van der Waals surface area contributed by atoms with Crippen molar-refractivity contribution in [3.05, 3.63) is 55.6 Å². The number of benzene rings is 1. The monoisotopic (exact) mass is 476 g/mol. The second-order valence-electron chi connectivity index (χ2n) is 4.09. The van der Waals surface area contributed by atoms with E-state index in [2.05, 4.69) is 58.1 Å². The summed E-state index contributed by atoms with van der Waals surface area (Å²) in [7, 11) is 0. The molecule has 0 aliphatic carbocycles. The summed E-state index contributed by atoms with van der Waals surface area (Å²) < 4.78 is 7.97. The molecule has 2 rings (SSSR count). The normalized spacial score (nSPS) is 10.2. The van der Waals surface area contributed by atoms with Crippen LogP contribution in [0.5, 0.6) is 5.75 Å². The number of halogens is 3. The molecule has 1 aromatic carbocycles. The summed E-state index contributed by atoms with van der Waals surface area (Å²) in [6.45, 7) is 0.317. The van der Waals surface area contributed by atoms with Crippen molar-refractivity contribution < 1.29 is 9.53 Å². The standard InChI is InChI=1S/C14H11Br3N2O2/c15-9-5-11(16)14(12(17)6-9)21-8-13(20)19-7-10-3-1-2-4-18-10/h1-6H,7-8H2,(H,19,20). The zero-order chi connectivity index (χ0) is 15.2. The molecule has 0 saturated heterocycles. The summed E-state index contributed by atoms with van der Waals surface area (Å²) in [6.07, 6.45) is 1.69. The number of hydrogen-bond acceptors (Lipinski definition) is 3. The zero-order valence-corrected chi connectivity index (χ0v) is 15.5. The molecule has 21 heavy (non-hydrogen) atoms. The van der Waals surface area contributed by atoms with Crippen LogP contribution in [0, 0.1) is 0 Å². The van der Waals surface area contributed by atoms with Gasteiger partial charge >= 0.3 is 0 Å². The Morgan fingerprint density at radius 3 is 2.52 bits per heavy atom. The molecule has 0 spiro atoms. The van der Waals surface area contributed by atoms with Gasteiger partial charge in [0, 0.05) is 10.7 Å². The van der Waals surface area contributed by atoms with E-state index >= 15 is 0 Å². The van der Waals surface area contributed by atoms with Crippen molar-refractivity contribution in [2.24, 2.45) is 0 Å². The predicted octanol–water partition coefficient (Wildman–Crippen LogP) is 4.06. The van der Waals surface area contributed by atoms with Gasteiger partial charge in [0.1, 0.15) is 5.75 Å². The van der Waals surface area contributed by atoms with Gasteiger partial charge in [-0.3, -0.25) is 9.78 Å². The third-order valence-corrected chi connectivity index (χ3v) is 4.14. The highest BCUT2D eigenvalue weighted by molar-refractivity contribution is 9.11. The second-order valence-corrected chi connectivity index (χ2v) is 6.71. The topological polar surface area (TPSA) is 51.2 Å². The highest BCUT2D eigenvalue weighted by Gasteiger charge is 2.10. The van der Waals surface area contributed by atoms with Crippen LogP contribution < -0.4 is 10.1 Å². The highest BCUT2D eigenvalue weighted by atomic mass is 79.9. The van der Waals surface area contributed by atoms with E-state index in [0.717, 1.165) is 19.1 Å². The van der Waals surface area contributed by atoms with Gasteiger partial charge < -0.3 is 10.1 Å². The van der Waals surface area contributed by atoms with Crippen LogP contribution in [0.3, 0.4) is 0 Å². The molecule has 1 N–H and O–H groups in total. The van der Waals surface area contributed by atoms with Gasteiger partial charge in [0.2, 0.25) is 0 Å². The lowest BCUT2D eigenvalue weighted by atomic mass is 10.3. The summed E-state index contributed by atoms with van der Waals surface area (Å²) in [4.78, 5) is 15.9. The minimum absolute atomic E-state index is 0.0638. The molecule has 2 aromatic rings. The molecule has 0 unspecified atom stereocenters. The second kappa shape index (κ2) is 7.91. The first-order chi connectivity index (χ1) is 10.1. The Morgan fingerprint density at radius 2 is 1.90 bits per heavy atom. The Balaban J connectivity index is 1.87. The molecule has 0 atom stereocenters. The largest absolute Gasteiger partial charge is 0.481 e. The van der Waals surface area contributed by atoms with Gasteiger partial charge in [0.15, 0.2) is 6.61 Å². The Morgan fingerprint density at radius 1 is 1.19 bits per heavy atom. The van der Waals surface area contributed by atoms with Crippen LogP contribution >= 0.6 is 47.8 Å². The van der Waals surface area contributed by atoms with Crippen molar-refractivity contribution in [2.75, 3.05) is 6.61 Å². The van der Waals surface area contributed by atoms with Crippen molar-refractivity contribution in [1.82, 2.24) is 10.3 Å². The van der Waals surface area contributed by atoms with Crippen molar-refractivity contribution in [1.29, 1.82) is 0 Å². The minimum atomic E-state index is -0.206. The highest BCUT2D eigenvalue weighted by Crippen LogP contribution is 2.36. The van der Waals surface area contributed by atoms with E-state index in [9.17, 15) is 4.79 Å². The fraction of sp³-hybridized carbons (Fsp3) is 0.143. The Bertz CT molecular complexity index is 612. The van der Waals surface area contributed by atoms with Gasteiger partial charge in [-0.2, -0.15) is 0 Å². The molecule has 1 heterocycles. The Kier molecular flexibility index (Phi) is 6.20. The Hall–Kier alpha value is -0.920. The SMILES string of the molecule is O=C(COc1c(Br)cc(Br)cc1Br)NCc1ccccn1. The Labute approximate surface area is 147 Å². The van der Waals surface area contributed by atoms with Gasteiger partial charge in [0.25, 0.3) is 5.91 Å². The minimum Gasteiger partial charge on any atom is -0.481 e. The van der Waals surface area contributed by atoms with E-state index in [-0.39, 0.29) is 12.5 Å². The average molecular weight is 479 g/mol. The van der Waals surface area contributed by atoms with Gasteiger partial charge in [-0.1, -0.05) is 22.0 Å². The predicted molar refractivity (Wildman–Crippen MR) is 91.1 cm³/mol. The van der Waals surface area contributed by atoms with Gasteiger partial charge in [-0.15, -0.1) is 0 Å². The summed E-state index contributed by atoms with van der Waals surface area (Å²) in [5.74, 6) is 0.383. The summed E-state index contributed by atoms with van der Waals surface area (Å²) in [5.41, 5.74) is 0.803. The lowest BCUT2D eigenvalue weighted by Crippen LogP contribution is -2.28. The third-order valence-electron chi connectivity index (χ3n) is 2.50. The maximum Gasteiger partial charge on any atom is 0.258 e. The van der Waals surface area contributed by atoms with Crippen LogP contribution in [-0.4, -0.2) is 17.5 Å². The van der Waals surface area contributed by atoms with Crippen LogP contribution in [0.2, 0.25) is 0 Å². The summed E-state index contributed by atoms with van der Waals surface area (Å²) >= 11 is 10.2. The molecule has 4 nitrogen and oxygen atoms in total. The van der Waals surface area contributed by atoms with Crippen molar-refractivity contribution in [3.63, 3.8) is 0 Å². The van der Waals surface area contributed by atoms with Crippen molar-refractivity contribution >= 4 is 53.7 Å². The van der Waals surface area contributed by atoms with E-state index in [1.54, 1.807) is 6.20 Å². The number of pyridine rings is 1. The van der Waals surface area contributed by atoms with Crippen LogP contribution in [0.1, 0.15) is 5.69 Å². The van der Waals surface area contributed by atoms with Crippen molar-refractivity contribution in [2.45, 2.75) is 6.54 Å². The summed E-state index contributed by atoms with van der Waals surface area (Å²) in [5, 5.41) is 2.75. The number of hydrogen-bond donors (Lipinski definition) is 1. The van der Waals surface area contributed by atoms with Crippen LogP contribution in [0.15, 0.2) is 49.9 Å². The number of carbonyl (C=O) groups excluding carboxylic acids is 1. The number of aromatic nitrogens is 1. The van der Waals surface area contributed by atoms with E-state index in [1.165, 1.54) is 0 Å². The molecule has 110 valence electrons. The molecule has 0 aliphatic rings. The molecule has 0 saturated carbocycles. The quantitative estimate of drug-likeness (QED) is 0.705. The number of ether oxygens (including phenoxy) is 1. The molecule has 1 aromatic heterocycles. The first-order valence-electron chi connectivity index (χ1n) is 6.00. The number of carbonyl (C=O) groups is 1. The smallest absolute Gasteiger partial charge is 0.258 e. The first kappa shape index (κ1) is 16.5. The average Bonchev–Trinajstić information content (AvgIpc) is 2.45. The number of nitrogens with one attached hydrogen (secondary N) is 1. The van der Waals surface area contributed by atoms with Gasteiger partial charge in [-0.25, -0.2) is 0 Å². The van der Waals surface area contributed by atoms with Crippen molar-refractivity contribution in [3.8, 4) is 5.75 Å². The van der Waals surface area contributed by atoms with E-state index in [4.69, 9.17) is 4.74 Å². The number of nitrogens with zero attached hydrogens (tertiary/aromatic N) is 1. The molecular formula is C14H11Br3N2O2. The lowest BCUT2D eigenvalue weighted by molar-refractivity contribution is -0.123. The fourth-order valence-electron chi connectivity index (χ4n) is 1.55. The fourth-order valence-corrected chi connectivity index (χ4v) is 4.04. The van der Waals surface area contributed by atoms with E-state index in [0.29, 0.717) is 12.3 Å². The van der Waals surface area contributed by atoms with Gasteiger partial charge in [0.05, 0.1) is 21.2 Å². The van der Waals surface area contributed by atoms with Crippen LogP contribution in [0.4, 0.5) is 0 Å². The zero-order valence-electron chi connectivity index (χ0n) is 10.8. The van der Waals surface area contributed by atoms with E-state index < -0.39 is 0 Å². The van der Waals surface area contributed by atoms with E-state index in [1.807, 2.05) is 30.3 Å². The number of rotatable bonds is 5. The van der Waals surface area contributed by atoms with Crippen LogP contribution in [-0.2, 0) is 11.3 Å². The van der Waals surface area contributed by atoms with Crippen LogP contribution in [0.25, 0.3) is 0 Å². The lowest BCUT2D eigenvalue weighted by Gasteiger charge is -2.11. The first-order valence-corrected chi connectivity index (χ1v) is 8.38. The number of amides is 1. The molecule has 1 amide bonds. The summed E-state index contributed by atoms with van der Waals surface area (Å²) in [6, 6.07) is 9.26. The maximum absolute atomic E-state index is 11.8. The molecule has 7 heteroatoms. The van der Waals surface area contributed by atoms with Gasteiger partial charge in [-0.05, 0) is 56.1 Å². The molecule has 0 fully saturated rings. The third kappa shape index (κ3) is 5.09. The molecule has 0 radical (unpaired) electrons. The molecule has 0 aliphatic heterocycles. The maximum atomic E-state index is 11.8. The molecule has 0 bridgehead atoms. The molecular weight excluding hydrogens is 468 g/mol.